The van der Waals surface area contributed by atoms with Gasteiger partial charge < -0.3 is 24.1 Å². The van der Waals surface area contributed by atoms with Gasteiger partial charge in [-0.25, -0.2) is 0 Å². The van der Waals surface area contributed by atoms with E-state index < -0.39 is 0 Å². The first-order valence-electron chi connectivity index (χ1n) is 6.66. The van der Waals surface area contributed by atoms with Gasteiger partial charge in [0.2, 0.25) is 6.92 Å². The first-order valence-corrected chi connectivity index (χ1v) is 6.66. The second-order valence-electron chi connectivity index (χ2n) is 5.06. The van der Waals surface area contributed by atoms with Crippen LogP contribution < -0.4 is 10.9 Å². The largest absolute Gasteiger partial charge is 0.488 e. The van der Waals surface area contributed by atoms with Crippen molar-refractivity contribution in [3.05, 3.63) is 74.5 Å². The maximum atomic E-state index is 6.16. The van der Waals surface area contributed by atoms with Crippen LogP contribution in [0.2, 0.25) is 6.32 Å². The fourth-order valence-corrected chi connectivity index (χ4v) is 2.93. The summed E-state index contributed by atoms with van der Waals surface area (Å²) in [5.41, 5.74) is 4.97. The van der Waals surface area contributed by atoms with Crippen molar-refractivity contribution >= 4 is 25.0 Å². The molecule has 2 aliphatic heterocycles. The van der Waals surface area contributed by atoms with Gasteiger partial charge in [-0.1, -0.05) is 12.7 Å². The second kappa shape index (κ2) is 10.6. The van der Waals surface area contributed by atoms with Crippen LogP contribution in [0.3, 0.4) is 0 Å². The van der Waals surface area contributed by atoms with Crippen LogP contribution in [-0.4, -0.2) is 14.0 Å². The summed E-state index contributed by atoms with van der Waals surface area (Å²) in [7, 11) is -0.247. The van der Waals surface area contributed by atoms with Gasteiger partial charge in [0.05, 0.1) is 0 Å². The van der Waals surface area contributed by atoms with Gasteiger partial charge in [0.1, 0.15) is 0 Å². The maximum Gasteiger partial charge on any atom is 0.402 e. The Morgan fingerprint density at radius 2 is 1.61 bits per heavy atom. The molecule has 0 amide bonds. The molecule has 4 rings (SSSR count). The summed E-state index contributed by atoms with van der Waals surface area (Å²) in [6, 6.07) is 18.3. The number of aryl methyl sites for hydroxylation is 1. The number of rotatable bonds is 2. The summed E-state index contributed by atoms with van der Waals surface area (Å²) in [6.07, 6.45) is 2.11. The molecule has 0 spiro atoms. The van der Waals surface area contributed by atoms with Crippen molar-refractivity contribution in [2.24, 2.45) is 0 Å². The van der Waals surface area contributed by atoms with E-state index in [1.807, 2.05) is 24.3 Å². The smallest absolute Gasteiger partial charge is 0.402 e. The third kappa shape index (κ3) is 4.87. The summed E-state index contributed by atoms with van der Waals surface area (Å²) in [6.45, 7) is 0.762. The molecular weight excluding hydrogens is 436 g/mol. The average molecular weight is 454 g/mol. The topological polar surface area (TPSA) is 18.5 Å². The number of benzene rings is 2. The summed E-state index contributed by atoms with van der Waals surface area (Å²) >= 11 is 0. The Morgan fingerprint density at radius 1 is 0.957 bits per heavy atom. The molecule has 0 aromatic heterocycles. The minimum absolute atomic E-state index is 0. The van der Waals surface area contributed by atoms with Crippen LogP contribution in [0.4, 0.5) is 0 Å². The molecule has 0 fully saturated rings. The molecule has 0 atom stereocenters. The summed E-state index contributed by atoms with van der Waals surface area (Å²) in [5.74, 6) is 0. The average Bonchev–Trinajstić information content (AvgIpc) is 3.05. The molecule has 2 radical (unpaired) electrons. The van der Waals surface area contributed by atoms with E-state index in [0.717, 1.165) is 18.2 Å². The molecule has 0 unspecified atom stereocenters. The van der Waals surface area contributed by atoms with Gasteiger partial charge in [-0.05, 0) is 0 Å². The van der Waals surface area contributed by atoms with Gasteiger partial charge in [0.15, 0.2) is 0 Å². The summed E-state index contributed by atoms with van der Waals surface area (Å²) in [5, 5.41) is 0. The minimum atomic E-state index is -0.247. The van der Waals surface area contributed by atoms with E-state index in [1.165, 1.54) is 16.6 Å². The molecule has 2 aromatic rings. The Bertz CT molecular complexity index is 572. The van der Waals surface area contributed by atoms with Crippen molar-refractivity contribution in [3.63, 3.8) is 0 Å². The molecule has 23 heavy (non-hydrogen) atoms. The fourth-order valence-electron chi connectivity index (χ4n) is 2.93. The normalized spacial score (nSPS) is 13.7. The van der Waals surface area contributed by atoms with E-state index in [9.17, 15) is 0 Å². The number of hydrogen-bond donors (Lipinski definition) is 0. The van der Waals surface area contributed by atoms with Gasteiger partial charge >= 0.3 is 7.12 Å². The molecule has 0 bridgehead atoms. The predicted octanol–water partition coefficient (Wildman–Crippen LogP) is 1.88. The number of fused-ring (bicyclic) bond motifs is 2. The SMILES string of the molecule is [CH3-].[CH3-].[Y].[Y].[c-]1ccc2c(c1)B(OB1OCc3cc[c-]cc31)CC2. The summed E-state index contributed by atoms with van der Waals surface area (Å²) < 4.78 is 11.9. The Hall–Kier alpha value is 0.698. The van der Waals surface area contributed by atoms with Gasteiger partial charge in [0.25, 0.3) is 0 Å². The summed E-state index contributed by atoms with van der Waals surface area (Å²) in [4.78, 5) is 0. The first-order chi connectivity index (χ1) is 9.42. The quantitative estimate of drug-likeness (QED) is 0.511. The standard InChI is InChI=1S/C15H12B2O2.2CH3.2Y/c1-3-7-14-12(5-1)9-10-16(14)19-17-15-8-4-2-6-13(15)11-18-17;;;;/h1-2,5-8H,9-11H2;2*1H3;;/q-2;2*-1;;. The van der Waals surface area contributed by atoms with E-state index >= 15 is 0 Å². The Kier molecular flexibility index (Phi) is 11.0. The predicted molar refractivity (Wildman–Crippen MR) is 88.5 cm³/mol. The van der Waals surface area contributed by atoms with Gasteiger partial charge in [-0.3, -0.25) is 0 Å². The molecule has 0 N–H and O–H groups in total. The van der Waals surface area contributed by atoms with E-state index in [2.05, 4.69) is 24.3 Å². The molecule has 2 heterocycles. The van der Waals surface area contributed by atoms with Crippen molar-refractivity contribution in [2.75, 3.05) is 0 Å². The third-order valence-electron chi connectivity index (χ3n) is 3.94. The molecule has 114 valence electrons. The maximum absolute atomic E-state index is 6.16. The van der Waals surface area contributed by atoms with Crippen LogP contribution in [-0.2, 0) is 87.7 Å². The Labute approximate surface area is 191 Å². The first kappa shape index (κ1) is 23.7. The van der Waals surface area contributed by atoms with Gasteiger partial charge in [0, 0.05) is 72.0 Å². The van der Waals surface area contributed by atoms with Crippen molar-refractivity contribution in [2.45, 2.75) is 19.3 Å². The minimum Gasteiger partial charge on any atom is -0.488 e. The molecule has 6 heteroatoms. The zero-order chi connectivity index (χ0) is 12.7. The Morgan fingerprint density at radius 3 is 2.35 bits per heavy atom. The monoisotopic (exact) mass is 454 g/mol. The molecule has 2 aromatic carbocycles. The van der Waals surface area contributed by atoms with E-state index in [-0.39, 0.29) is 94.3 Å². The zero-order valence-corrected chi connectivity index (χ0v) is 19.4. The fraction of sp³-hybridized carbons (Fsp3) is 0.176. The van der Waals surface area contributed by atoms with Crippen molar-refractivity contribution < 1.29 is 74.6 Å². The molecule has 2 aliphatic rings. The van der Waals surface area contributed by atoms with Crippen molar-refractivity contribution in [1.82, 2.24) is 0 Å². The van der Waals surface area contributed by atoms with Crippen LogP contribution >= 0.6 is 0 Å². The van der Waals surface area contributed by atoms with Gasteiger partial charge in [-0.2, -0.15) is 54.1 Å². The van der Waals surface area contributed by atoms with Crippen molar-refractivity contribution in [1.29, 1.82) is 0 Å². The Balaban J connectivity index is 0.00000121. The molecule has 0 saturated carbocycles. The van der Waals surface area contributed by atoms with Crippen LogP contribution in [0.15, 0.2) is 36.4 Å². The molecule has 0 aliphatic carbocycles. The van der Waals surface area contributed by atoms with Crippen LogP contribution in [0.5, 0.6) is 0 Å². The van der Waals surface area contributed by atoms with E-state index in [4.69, 9.17) is 9.23 Å². The molecule has 0 saturated heterocycles. The second-order valence-corrected chi connectivity index (χ2v) is 5.06. The van der Waals surface area contributed by atoms with E-state index in [1.54, 1.807) is 0 Å². The number of hydrogen-bond acceptors (Lipinski definition) is 2. The zero-order valence-electron chi connectivity index (χ0n) is 13.7. The van der Waals surface area contributed by atoms with Crippen LogP contribution in [0, 0.1) is 27.0 Å². The van der Waals surface area contributed by atoms with Crippen LogP contribution in [0.25, 0.3) is 0 Å². The van der Waals surface area contributed by atoms with E-state index in [0.29, 0.717) is 6.61 Å². The van der Waals surface area contributed by atoms with Gasteiger partial charge in [-0.15, -0.1) is 16.5 Å². The third-order valence-corrected chi connectivity index (χ3v) is 3.94. The molecular formula is C17H18B2O2Y2-4. The van der Waals surface area contributed by atoms with Crippen molar-refractivity contribution in [3.8, 4) is 0 Å². The van der Waals surface area contributed by atoms with Crippen LogP contribution in [0.1, 0.15) is 11.1 Å². The molecule has 2 nitrogen and oxygen atoms in total.